The Morgan fingerprint density at radius 2 is 1.82 bits per heavy atom. The number of fused-ring (bicyclic) bond motifs is 2. The molecule has 0 aliphatic carbocycles. The van der Waals surface area contributed by atoms with Crippen molar-refractivity contribution in [2.45, 2.75) is 0 Å². The van der Waals surface area contributed by atoms with Gasteiger partial charge >= 0.3 is 0 Å². The number of nitrogens with zero attached hydrogens (tertiary/aromatic N) is 4. The van der Waals surface area contributed by atoms with E-state index in [0.717, 1.165) is 57.0 Å². The highest BCUT2D eigenvalue weighted by Crippen LogP contribution is 2.36. The van der Waals surface area contributed by atoms with Gasteiger partial charge in [0.1, 0.15) is 23.9 Å². The second-order valence-electron chi connectivity index (χ2n) is 9.40. The monoisotopic (exact) mass is 508 g/mol. The van der Waals surface area contributed by atoms with Gasteiger partial charge in [-0.1, -0.05) is 12.1 Å². The lowest BCUT2D eigenvalue weighted by atomic mass is 10.0. The molecule has 4 aromatic heterocycles. The van der Waals surface area contributed by atoms with E-state index < -0.39 is 5.82 Å². The fraction of sp³-hybridized carbons (Fsp3) is 0.138. The summed E-state index contributed by atoms with van der Waals surface area (Å²) < 4.78 is 19.9. The van der Waals surface area contributed by atoms with Crippen LogP contribution in [0.4, 0.5) is 4.39 Å². The van der Waals surface area contributed by atoms with Crippen molar-refractivity contribution in [1.29, 1.82) is 0 Å². The first-order valence-corrected chi connectivity index (χ1v) is 12.1. The summed E-state index contributed by atoms with van der Waals surface area (Å²) in [5.74, 6) is 0.0866. The molecule has 38 heavy (non-hydrogen) atoms. The number of hydrogen-bond acceptors (Lipinski definition) is 6. The molecule has 0 atom stereocenters. The fourth-order valence-electron chi connectivity index (χ4n) is 4.54. The van der Waals surface area contributed by atoms with Crippen LogP contribution in [0, 0.1) is 5.82 Å². The summed E-state index contributed by atoms with van der Waals surface area (Å²) in [5, 5.41) is 19.2. The first-order chi connectivity index (χ1) is 18.4. The molecule has 6 aromatic rings. The molecule has 9 heteroatoms. The number of benzene rings is 2. The molecule has 3 N–H and O–H groups in total. The van der Waals surface area contributed by atoms with Crippen LogP contribution in [0.25, 0.3) is 55.6 Å². The second-order valence-corrected chi connectivity index (χ2v) is 9.40. The highest BCUT2D eigenvalue weighted by atomic mass is 19.1. The molecule has 6 rings (SSSR count). The van der Waals surface area contributed by atoms with Gasteiger partial charge in [0.05, 0.1) is 17.6 Å². The first kappa shape index (κ1) is 23.6. The average molecular weight is 509 g/mol. The number of phenolic OH excluding ortho intramolecular Hbond substituents is 1. The Morgan fingerprint density at radius 3 is 2.66 bits per heavy atom. The summed E-state index contributed by atoms with van der Waals surface area (Å²) in [5.41, 5.74) is 6.23. The number of rotatable bonds is 7. The van der Waals surface area contributed by atoms with Crippen LogP contribution >= 0.6 is 0 Å². The molecule has 4 heterocycles. The van der Waals surface area contributed by atoms with Crippen LogP contribution in [0.1, 0.15) is 0 Å². The van der Waals surface area contributed by atoms with Crippen molar-refractivity contribution >= 4 is 21.9 Å². The van der Waals surface area contributed by atoms with Gasteiger partial charge in [0.25, 0.3) is 0 Å². The molecule has 0 aliphatic rings. The third-order valence-electron chi connectivity index (χ3n) is 6.39. The van der Waals surface area contributed by atoms with E-state index in [-0.39, 0.29) is 5.75 Å². The van der Waals surface area contributed by atoms with E-state index >= 15 is 0 Å². The summed E-state index contributed by atoms with van der Waals surface area (Å²) in [6.45, 7) is 1.38. The first-order valence-electron chi connectivity index (χ1n) is 12.1. The van der Waals surface area contributed by atoms with Gasteiger partial charge in [0, 0.05) is 52.4 Å². The van der Waals surface area contributed by atoms with E-state index in [1.807, 2.05) is 50.5 Å². The van der Waals surface area contributed by atoms with Crippen molar-refractivity contribution in [2.75, 3.05) is 27.2 Å². The van der Waals surface area contributed by atoms with Crippen LogP contribution in [-0.2, 0) is 0 Å². The Bertz CT molecular complexity index is 1750. The minimum atomic E-state index is -0.493. The van der Waals surface area contributed by atoms with Gasteiger partial charge in [-0.2, -0.15) is 5.10 Å². The van der Waals surface area contributed by atoms with Crippen LogP contribution in [0.5, 0.6) is 11.5 Å². The van der Waals surface area contributed by atoms with Gasteiger partial charge in [-0.05, 0) is 61.6 Å². The molecule has 0 spiro atoms. The molecular formula is C29H25FN6O2. The molecule has 0 fully saturated rings. The molecule has 0 bridgehead atoms. The molecule has 0 radical (unpaired) electrons. The van der Waals surface area contributed by atoms with E-state index in [2.05, 4.69) is 30.0 Å². The van der Waals surface area contributed by atoms with Crippen LogP contribution in [-0.4, -0.2) is 62.4 Å². The maximum Gasteiger partial charge on any atom is 0.181 e. The summed E-state index contributed by atoms with van der Waals surface area (Å²) >= 11 is 0. The summed E-state index contributed by atoms with van der Waals surface area (Å²) in [4.78, 5) is 14.4. The summed E-state index contributed by atoms with van der Waals surface area (Å²) in [7, 11) is 4.00. The lowest BCUT2D eigenvalue weighted by molar-refractivity contribution is 0.261. The van der Waals surface area contributed by atoms with E-state index in [0.29, 0.717) is 23.6 Å². The Kier molecular flexibility index (Phi) is 5.97. The maximum absolute atomic E-state index is 14.0. The van der Waals surface area contributed by atoms with Crippen molar-refractivity contribution in [2.24, 2.45) is 0 Å². The molecule has 0 aliphatic heterocycles. The van der Waals surface area contributed by atoms with Crippen molar-refractivity contribution < 1.29 is 14.2 Å². The smallest absolute Gasteiger partial charge is 0.181 e. The predicted octanol–water partition coefficient (Wildman–Crippen LogP) is 5.62. The minimum absolute atomic E-state index is 0.118. The zero-order valence-electron chi connectivity index (χ0n) is 20.9. The number of H-pyrrole nitrogens is 2. The lowest BCUT2D eigenvalue weighted by Gasteiger charge is -2.11. The summed E-state index contributed by atoms with van der Waals surface area (Å²) in [6, 6.07) is 15.8. The van der Waals surface area contributed by atoms with Crippen LogP contribution in [0.2, 0.25) is 0 Å². The third-order valence-corrected chi connectivity index (χ3v) is 6.39. The van der Waals surface area contributed by atoms with E-state index in [1.54, 1.807) is 24.7 Å². The number of likely N-dealkylation sites (N-methyl/N-ethyl adjacent to an activating group) is 1. The van der Waals surface area contributed by atoms with Crippen LogP contribution < -0.4 is 4.74 Å². The van der Waals surface area contributed by atoms with Crippen molar-refractivity contribution in [3.05, 3.63) is 79.0 Å². The topological polar surface area (TPSA) is 103 Å². The number of pyridine rings is 2. The van der Waals surface area contributed by atoms with E-state index in [9.17, 15) is 9.50 Å². The summed E-state index contributed by atoms with van der Waals surface area (Å²) in [6.07, 6.45) is 5.26. The highest BCUT2D eigenvalue weighted by molar-refractivity contribution is 6.01. The molecule has 2 aromatic carbocycles. The number of ether oxygens (including phenoxy) is 1. The number of halogens is 1. The molecule has 8 nitrogen and oxygen atoms in total. The Morgan fingerprint density at radius 1 is 0.947 bits per heavy atom. The standard InChI is InChI=1S/C29H25FN6O2/c1-36(2)6-7-38-22-10-18(14-31-16-22)19-11-25-28(34-35-29(25)32-15-19)27-13-24-23(4-3-5-26(24)33-27)17-8-20(30)12-21(37)9-17/h3-5,8-16,33,37H,6-7H2,1-2H3,(H,32,34,35). The molecule has 0 amide bonds. The molecule has 0 saturated heterocycles. The van der Waals surface area contributed by atoms with Gasteiger partial charge in [0.2, 0.25) is 0 Å². The van der Waals surface area contributed by atoms with Gasteiger partial charge in [0.15, 0.2) is 5.65 Å². The van der Waals surface area contributed by atoms with E-state index in [1.165, 1.54) is 6.07 Å². The second kappa shape index (κ2) is 9.60. The number of phenols is 1. The van der Waals surface area contributed by atoms with E-state index in [4.69, 9.17) is 4.74 Å². The molecular weight excluding hydrogens is 483 g/mol. The van der Waals surface area contributed by atoms with Gasteiger partial charge < -0.3 is 19.7 Å². The lowest BCUT2D eigenvalue weighted by Crippen LogP contribution is -2.19. The molecule has 190 valence electrons. The highest BCUT2D eigenvalue weighted by Gasteiger charge is 2.15. The fourth-order valence-corrected chi connectivity index (χ4v) is 4.54. The number of aromatic nitrogens is 5. The van der Waals surface area contributed by atoms with Crippen LogP contribution in [0.3, 0.4) is 0 Å². The van der Waals surface area contributed by atoms with Gasteiger partial charge in [-0.25, -0.2) is 9.37 Å². The predicted molar refractivity (Wildman–Crippen MR) is 146 cm³/mol. The number of nitrogens with one attached hydrogen (secondary N) is 2. The normalized spacial score (nSPS) is 11.6. The number of aromatic hydroxyl groups is 1. The largest absolute Gasteiger partial charge is 0.508 e. The zero-order chi connectivity index (χ0) is 26.2. The van der Waals surface area contributed by atoms with Crippen molar-refractivity contribution in [1.82, 2.24) is 30.0 Å². The maximum atomic E-state index is 14.0. The SMILES string of the molecule is CN(C)CCOc1cncc(-c2cnc3n[nH]c(-c4cc5c(-c6cc(O)cc(F)c6)cccc5[nH]4)c3c2)c1. The Hall–Kier alpha value is -4.76. The Balaban J connectivity index is 1.38. The minimum Gasteiger partial charge on any atom is -0.508 e. The molecule has 0 unspecified atom stereocenters. The quantitative estimate of drug-likeness (QED) is 0.259. The third kappa shape index (κ3) is 4.55. The van der Waals surface area contributed by atoms with Gasteiger partial charge in [-0.15, -0.1) is 0 Å². The van der Waals surface area contributed by atoms with Crippen LogP contribution in [0.15, 0.2) is 73.2 Å². The Labute approximate surface area is 217 Å². The number of aromatic amines is 2. The zero-order valence-corrected chi connectivity index (χ0v) is 20.9. The van der Waals surface area contributed by atoms with Crippen molar-refractivity contribution in [3.63, 3.8) is 0 Å². The average Bonchev–Trinajstić information content (AvgIpc) is 3.51. The van der Waals surface area contributed by atoms with Crippen molar-refractivity contribution in [3.8, 4) is 45.1 Å². The molecule has 0 saturated carbocycles. The number of hydrogen-bond donors (Lipinski definition) is 3. The van der Waals surface area contributed by atoms with Gasteiger partial charge in [-0.3, -0.25) is 10.1 Å².